The second-order valence-corrected chi connectivity index (χ2v) is 10.3. The molecule has 1 saturated heterocycles. The van der Waals surface area contributed by atoms with Crippen molar-refractivity contribution in [3.05, 3.63) is 77.9 Å². The normalized spacial score (nSPS) is 21.9. The third-order valence-corrected chi connectivity index (χ3v) is 8.11. The van der Waals surface area contributed by atoms with Gasteiger partial charge in [0.05, 0.1) is 23.0 Å². The summed E-state index contributed by atoms with van der Waals surface area (Å²) < 4.78 is 33.1. The fourth-order valence-corrected chi connectivity index (χ4v) is 6.42. The van der Waals surface area contributed by atoms with Crippen LogP contribution >= 0.6 is 0 Å². The van der Waals surface area contributed by atoms with Crippen molar-refractivity contribution in [1.82, 2.24) is 19.5 Å². The minimum Gasteiger partial charge on any atom is -0.481 e. The molecule has 1 N–H and O–H groups in total. The number of anilines is 1. The van der Waals surface area contributed by atoms with Gasteiger partial charge in [-0.1, -0.05) is 30.3 Å². The highest BCUT2D eigenvalue weighted by Crippen LogP contribution is 2.41. The standard InChI is InChI=1S/C29H25F2N5O3/c30-28(31)39-24-4-2-1-3-20(24)22-9-10-25-34-21-8-7-16(11-23(21)36(22)25)19-12-32-29(33-13-19)35-14-17-5-6-18(15-35)26(17)27(37)38/h1-5,7-8,11-13,18,22,26,28H,6,9-10,14-15H2,(H,37,38)/t18-,22-,26+/m1/s1. The lowest BCUT2D eigenvalue weighted by Gasteiger charge is -2.34. The molecule has 0 radical (unpaired) electrons. The molecule has 4 aromatic rings. The van der Waals surface area contributed by atoms with Crippen LogP contribution in [0.15, 0.2) is 66.5 Å². The van der Waals surface area contributed by atoms with Crippen molar-refractivity contribution in [3.63, 3.8) is 0 Å². The minimum atomic E-state index is -2.89. The molecule has 2 aliphatic heterocycles. The Kier molecular flexibility index (Phi) is 5.57. The molecule has 0 spiro atoms. The van der Waals surface area contributed by atoms with Crippen LogP contribution in [0.2, 0.25) is 0 Å². The van der Waals surface area contributed by atoms with Crippen LogP contribution < -0.4 is 9.64 Å². The molecule has 7 rings (SSSR count). The number of nitrogens with zero attached hydrogens (tertiary/aromatic N) is 5. The molecule has 4 heterocycles. The summed E-state index contributed by atoms with van der Waals surface area (Å²) in [6.45, 7) is -1.75. The van der Waals surface area contributed by atoms with Crippen molar-refractivity contribution in [2.45, 2.75) is 31.9 Å². The maximum Gasteiger partial charge on any atom is 0.387 e. The third-order valence-electron chi connectivity index (χ3n) is 8.11. The highest BCUT2D eigenvalue weighted by Gasteiger charge is 2.41. The topological polar surface area (TPSA) is 93.4 Å². The van der Waals surface area contributed by atoms with Gasteiger partial charge in [0, 0.05) is 43.0 Å². The van der Waals surface area contributed by atoms with E-state index in [-0.39, 0.29) is 17.7 Å². The molecule has 2 aromatic carbocycles. The summed E-state index contributed by atoms with van der Waals surface area (Å²) >= 11 is 0. The third kappa shape index (κ3) is 4.02. The van der Waals surface area contributed by atoms with Gasteiger partial charge in [0.15, 0.2) is 0 Å². The second kappa shape index (κ2) is 9.14. The number of hydrogen-bond acceptors (Lipinski definition) is 6. The highest BCUT2D eigenvalue weighted by atomic mass is 19.3. The molecule has 3 atom stereocenters. The van der Waals surface area contributed by atoms with Gasteiger partial charge in [-0.2, -0.15) is 8.78 Å². The van der Waals surface area contributed by atoms with Gasteiger partial charge in [0.25, 0.3) is 0 Å². The average molecular weight is 530 g/mol. The van der Waals surface area contributed by atoms with E-state index in [1.54, 1.807) is 24.5 Å². The summed E-state index contributed by atoms with van der Waals surface area (Å²) in [7, 11) is 0. The molecule has 0 saturated carbocycles. The first-order valence-corrected chi connectivity index (χ1v) is 13.0. The molecular weight excluding hydrogens is 504 g/mol. The quantitative estimate of drug-likeness (QED) is 0.348. The molecule has 2 bridgehead atoms. The smallest absolute Gasteiger partial charge is 0.387 e. The van der Waals surface area contributed by atoms with E-state index in [0.29, 0.717) is 24.6 Å². The van der Waals surface area contributed by atoms with Gasteiger partial charge in [0.1, 0.15) is 11.6 Å². The van der Waals surface area contributed by atoms with Crippen LogP contribution in [0, 0.1) is 11.8 Å². The van der Waals surface area contributed by atoms with Crippen LogP contribution in [0.3, 0.4) is 0 Å². The van der Waals surface area contributed by atoms with Crippen LogP contribution in [0.4, 0.5) is 14.7 Å². The molecule has 39 heavy (non-hydrogen) atoms. The van der Waals surface area contributed by atoms with Crippen LogP contribution in [0.25, 0.3) is 22.2 Å². The van der Waals surface area contributed by atoms with Crippen molar-refractivity contribution in [1.29, 1.82) is 0 Å². The Balaban J connectivity index is 1.18. The van der Waals surface area contributed by atoms with Crippen LogP contribution in [-0.2, 0) is 11.2 Å². The first-order valence-electron chi connectivity index (χ1n) is 13.0. The first kappa shape index (κ1) is 23.8. The molecule has 1 fully saturated rings. The van der Waals surface area contributed by atoms with E-state index in [1.165, 1.54) is 0 Å². The Bertz CT molecular complexity index is 1620. The Labute approximate surface area is 222 Å². The zero-order valence-corrected chi connectivity index (χ0v) is 20.9. The Hall–Kier alpha value is -4.34. The van der Waals surface area contributed by atoms with E-state index < -0.39 is 18.5 Å². The van der Waals surface area contributed by atoms with Crippen molar-refractivity contribution in [2.75, 3.05) is 18.0 Å². The van der Waals surface area contributed by atoms with E-state index in [2.05, 4.69) is 14.5 Å². The molecular formula is C29H25F2N5O3. The minimum absolute atomic E-state index is 0.0464. The summed E-state index contributed by atoms with van der Waals surface area (Å²) in [5, 5.41) is 9.55. The van der Waals surface area contributed by atoms with E-state index in [4.69, 9.17) is 9.72 Å². The number of para-hydroxylation sites is 1. The molecule has 0 amide bonds. The number of piperidine rings is 1. The molecule has 0 unspecified atom stereocenters. The predicted molar refractivity (Wildman–Crippen MR) is 140 cm³/mol. The van der Waals surface area contributed by atoms with Crippen LogP contribution in [0.1, 0.15) is 30.3 Å². The lowest BCUT2D eigenvalue weighted by Crippen LogP contribution is -2.42. The van der Waals surface area contributed by atoms with Crippen molar-refractivity contribution < 1.29 is 23.4 Å². The molecule has 10 heteroatoms. The number of aromatic nitrogens is 4. The summed E-state index contributed by atoms with van der Waals surface area (Å²) in [4.78, 5) is 27.7. The molecule has 3 aliphatic rings. The number of fused-ring (bicyclic) bond motifs is 5. The zero-order chi connectivity index (χ0) is 26.7. The van der Waals surface area contributed by atoms with E-state index in [0.717, 1.165) is 52.8 Å². The van der Waals surface area contributed by atoms with Gasteiger partial charge in [-0.05, 0) is 48.1 Å². The van der Waals surface area contributed by atoms with Gasteiger partial charge < -0.3 is 19.3 Å². The summed E-state index contributed by atoms with van der Waals surface area (Å²) in [5.74, 6) is 0.576. The largest absolute Gasteiger partial charge is 0.481 e. The highest BCUT2D eigenvalue weighted by molar-refractivity contribution is 5.83. The van der Waals surface area contributed by atoms with E-state index in [9.17, 15) is 18.7 Å². The zero-order valence-electron chi connectivity index (χ0n) is 20.9. The number of halogens is 2. The fraction of sp³-hybridized carbons (Fsp3) is 0.310. The Morgan fingerprint density at radius 2 is 1.92 bits per heavy atom. The monoisotopic (exact) mass is 529 g/mol. The Morgan fingerprint density at radius 1 is 1.10 bits per heavy atom. The first-order chi connectivity index (χ1) is 19.0. The average Bonchev–Trinajstić information content (AvgIpc) is 3.58. The van der Waals surface area contributed by atoms with Crippen molar-refractivity contribution in [3.8, 4) is 16.9 Å². The predicted octanol–water partition coefficient (Wildman–Crippen LogP) is 5.10. The number of carboxylic acids is 1. The van der Waals surface area contributed by atoms with Gasteiger partial charge >= 0.3 is 12.6 Å². The number of aliphatic carboxylic acids is 1. The van der Waals surface area contributed by atoms with E-state index >= 15 is 0 Å². The number of alkyl halides is 2. The van der Waals surface area contributed by atoms with Gasteiger partial charge in [-0.15, -0.1) is 0 Å². The van der Waals surface area contributed by atoms with E-state index in [1.807, 2.05) is 41.3 Å². The lowest BCUT2D eigenvalue weighted by molar-refractivity contribution is -0.141. The number of hydrogen-bond donors (Lipinski definition) is 1. The van der Waals surface area contributed by atoms with Crippen molar-refractivity contribution in [2.24, 2.45) is 11.8 Å². The number of allylic oxidation sites excluding steroid dienone is 1. The van der Waals surface area contributed by atoms with Crippen molar-refractivity contribution >= 4 is 23.0 Å². The number of aryl methyl sites for hydroxylation is 1. The SMILES string of the molecule is O=C(O)[C@H]1C2=CC[C@@H]1CN(c1ncc(-c3ccc4nc5n(c4c3)[C@@H](c3ccccc3OC(F)F)CC5)cn1)C2. The number of rotatable bonds is 6. The molecule has 198 valence electrons. The number of carboxylic acid groups (broad SMARTS) is 1. The van der Waals surface area contributed by atoms with Crippen LogP contribution in [0.5, 0.6) is 5.75 Å². The Morgan fingerprint density at radius 3 is 2.69 bits per heavy atom. The fourth-order valence-electron chi connectivity index (χ4n) is 6.42. The lowest BCUT2D eigenvalue weighted by atomic mass is 9.87. The number of carbonyl (C=O) groups is 1. The maximum atomic E-state index is 13.1. The molecule has 1 aliphatic carbocycles. The number of imidazole rings is 1. The summed E-state index contributed by atoms with van der Waals surface area (Å²) in [6, 6.07) is 12.8. The van der Waals surface area contributed by atoms with Gasteiger partial charge in [-0.25, -0.2) is 15.0 Å². The molecule has 8 nitrogen and oxygen atoms in total. The van der Waals surface area contributed by atoms with Gasteiger partial charge in [-0.3, -0.25) is 4.79 Å². The molecule has 2 aromatic heterocycles. The number of ether oxygens (including phenoxy) is 1. The van der Waals surface area contributed by atoms with Gasteiger partial charge in [0.2, 0.25) is 5.95 Å². The summed E-state index contributed by atoms with van der Waals surface area (Å²) in [5.41, 5.74) is 5.17. The van der Waals surface area contributed by atoms with Crippen LogP contribution in [-0.4, -0.2) is 50.3 Å². The number of benzene rings is 2. The second-order valence-electron chi connectivity index (χ2n) is 10.3. The maximum absolute atomic E-state index is 13.1. The summed E-state index contributed by atoms with van der Waals surface area (Å²) in [6.07, 6.45) is 7.88.